The van der Waals surface area contributed by atoms with Crippen molar-refractivity contribution in [1.29, 1.82) is 0 Å². The number of aryl methyl sites for hydroxylation is 1. The monoisotopic (exact) mass is 511 g/mol. The van der Waals surface area contributed by atoms with Crippen LogP contribution in [0.2, 0.25) is 0 Å². The van der Waals surface area contributed by atoms with E-state index in [0.717, 1.165) is 4.57 Å². The van der Waals surface area contributed by atoms with Crippen molar-refractivity contribution in [3.63, 3.8) is 0 Å². The first-order chi connectivity index (χ1) is 14.1. The van der Waals surface area contributed by atoms with E-state index in [1.807, 2.05) is 4.98 Å². The molecule has 5 atom stereocenters. The second-order valence-corrected chi connectivity index (χ2v) is 10.5. The van der Waals surface area contributed by atoms with Gasteiger partial charge in [0.25, 0.3) is 5.56 Å². The maximum Gasteiger partial charge on any atom is 0.490 e. The molecule has 20 heteroatoms. The number of aromatic nitrogens is 2. The summed E-state index contributed by atoms with van der Waals surface area (Å²) in [5.41, 5.74) is 3.91. The molecule has 1 aliphatic heterocycles. The van der Waals surface area contributed by atoms with Gasteiger partial charge in [-0.1, -0.05) is 0 Å². The average Bonchev–Trinajstić information content (AvgIpc) is 2.94. The molecule has 2 heterocycles. The van der Waals surface area contributed by atoms with Gasteiger partial charge in [0.05, 0.1) is 13.3 Å². The van der Waals surface area contributed by atoms with Crippen LogP contribution in [0.15, 0.2) is 15.8 Å². The minimum absolute atomic E-state index is 0.161. The number of nitrogens with one attached hydrogen (secondary N) is 1. The highest BCUT2D eigenvalue weighted by molar-refractivity contribution is 7.66. The van der Waals surface area contributed by atoms with Crippen molar-refractivity contribution >= 4 is 23.5 Å². The molecule has 1 aliphatic rings. The van der Waals surface area contributed by atoms with Gasteiger partial charge in [-0.25, -0.2) is 18.5 Å². The summed E-state index contributed by atoms with van der Waals surface area (Å²) in [6, 6.07) is 0. The van der Waals surface area contributed by atoms with E-state index in [1.165, 1.54) is 13.1 Å². The van der Waals surface area contributed by atoms with Crippen molar-refractivity contribution in [2.45, 2.75) is 31.8 Å². The molecule has 2 unspecified atom stereocenters. The highest BCUT2D eigenvalue weighted by Crippen LogP contribution is 2.67. The van der Waals surface area contributed by atoms with Crippen molar-refractivity contribution in [2.24, 2.45) is 5.73 Å². The molecule has 1 saturated heterocycles. The third kappa shape index (κ3) is 7.80. The Morgan fingerprint density at radius 1 is 1.19 bits per heavy atom. The summed E-state index contributed by atoms with van der Waals surface area (Å²) in [4.78, 5) is 61.7. The van der Waals surface area contributed by atoms with E-state index in [4.69, 9.17) is 29.5 Å². The van der Waals surface area contributed by atoms with Crippen molar-refractivity contribution in [2.75, 3.05) is 13.3 Å². The van der Waals surface area contributed by atoms with Crippen molar-refractivity contribution in [3.05, 3.63) is 32.6 Å². The minimum atomic E-state index is -5.71. The Hall–Kier alpha value is -1.03. The molecule has 1 aromatic heterocycles. The largest absolute Gasteiger partial charge is 0.490 e. The summed E-state index contributed by atoms with van der Waals surface area (Å²) in [5, 5.41) is 0. The second-order valence-electron chi connectivity index (χ2n) is 6.12. The molecule has 1 fully saturated rings. The van der Waals surface area contributed by atoms with Crippen LogP contribution in [-0.2, 0) is 36.3 Å². The Kier molecular flexibility index (Phi) is 8.33. The van der Waals surface area contributed by atoms with Gasteiger partial charge >= 0.3 is 29.2 Å². The van der Waals surface area contributed by atoms with Crippen LogP contribution in [0.1, 0.15) is 18.2 Å². The third-order valence-electron chi connectivity index (χ3n) is 3.72. The zero-order valence-corrected chi connectivity index (χ0v) is 18.4. The molecule has 0 aliphatic carbocycles. The topological polar surface area (TPSA) is 259 Å². The third-order valence-corrected chi connectivity index (χ3v) is 7.59. The lowest BCUT2D eigenvalue weighted by Crippen LogP contribution is -2.33. The van der Waals surface area contributed by atoms with Crippen molar-refractivity contribution in [3.8, 4) is 0 Å². The molecular formula is C11H20N3O14P3. The average molecular weight is 511 g/mol. The fourth-order valence-corrected chi connectivity index (χ4v) is 5.81. The van der Waals surface area contributed by atoms with Crippen LogP contribution in [0.3, 0.4) is 0 Å². The predicted molar refractivity (Wildman–Crippen MR) is 98.3 cm³/mol. The Balaban J connectivity index is 2.22. The Morgan fingerprint density at radius 3 is 2.42 bits per heavy atom. The fourth-order valence-electron chi connectivity index (χ4n) is 2.59. The number of phosphoric ester groups is 1. The molecule has 2 rings (SSSR count). The molecule has 0 saturated carbocycles. The van der Waals surface area contributed by atoms with Crippen LogP contribution in [0.5, 0.6) is 0 Å². The van der Waals surface area contributed by atoms with E-state index < -0.39 is 53.2 Å². The maximum absolute atomic E-state index is 12.1. The van der Waals surface area contributed by atoms with Crippen molar-refractivity contribution in [1.82, 2.24) is 9.55 Å². The van der Waals surface area contributed by atoms with E-state index in [1.54, 1.807) is 0 Å². The molecule has 0 radical (unpaired) electrons. The van der Waals surface area contributed by atoms with E-state index in [2.05, 4.69) is 8.62 Å². The van der Waals surface area contributed by atoms with Crippen molar-refractivity contribution < 1.29 is 55.9 Å². The molecule has 31 heavy (non-hydrogen) atoms. The molecule has 7 N–H and O–H groups in total. The summed E-state index contributed by atoms with van der Waals surface area (Å²) >= 11 is 0. The summed E-state index contributed by atoms with van der Waals surface area (Å²) in [6.45, 7) is 0.844. The molecule has 0 amide bonds. The number of nitrogens with zero attached hydrogens (tertiary/aromatic N) is 1. The van der Waals surface area contributed by atoms with Crippen LogP contribution in [-0.4, -0.2) is 54.7 Å². The van der Waals surface area contributed by atoms with Crippen LogP contribution in [0.25, 0.3) is 0 Å². The minimum Gasteiger partial charge on any atom is -0.364 e. The molecule has 0 aromatic carbocycles. The van der Waals surface area contributed by atoms with Gasteiger partial charge in [0.2, 0.25) is 0 Å². The van der Waals surface area contributed by atoms with Gasteiger partial charge in [0.1, 0.15) is 18.4 Å². The number of H-pyrrole nitrogens is 1. The van der Waals surface area contributed by atoms with Gasteiger partial charge in [-0.05, 0) is 6.92 Å². The number of rotatable bonds is 10. The zero-order valence-electron chi connectivity index (χ0n) is 15.7. The van der Waals surface area contributed by atoms with Crippen LogP contribution >= 0.6 is 23.5 Å². The number of hydrogen-bond donors (Lipinski definition) is 6. The lowest BCUT2D eigenvalue weighted by atomic mass is 10.2. The lowest BCUT2D eigenvalue weighted by molar-refractivity contribution is -0.0617. The van der Waals surface area contributed by atoms with E-state index in [0.29, 0.717) is 0 Å². The number of phosphoric acid groups is 3. The molecule has 0 bridgehead atoms. The Bertz CT molecular complexity index is 1050. The molecule has 0 spiro atoms. The Labute approximate surface area is 173 Å². The SMILES string of the molecule is Cc1cn([C@H]2C[C@H](OP(=O)(O)OP(=O)(O)OP(=O)(O)O)[C@@H](COCN)O2)c(=O)[nH]c1=O. The fraction of sp³-hybridized carbons (Fsp3) is 0.636. The molecule has 178 valence electrons. The summed E-state index contributed by atoms with van der Waals surface area (Å²) in [5.74, 6) is 0. The van der Waals surface area contributed by atoms with Gasteiger partial charge in [0, 0.05) is 18.2 Å². The quantitative estimate of drug-likeness (QED) is 0.159. The highest BCUT2D eigenvalue weighted by Gasteiger charge is 2.46. The summed E-state index contributed by atoms with van der Waals surface area (Å²) in [6.07, 6.45) is -2.77. The van der Waals surface area contributed by atoms with Gasteiger partial charge in [-0.2, -0.15) is 8.62 Å². The molecular weight excluding hydrogens is 491 g/mol. The number of hydrogen-bond acceptors (Lipinski definition) is 11. The van der Waals surface area contributed by atoms with E-state index >= 15 is 0 Å². The molecule has 17 nitrogen and oxygen atoms in total. The van der Waals surface area contributed by atoms with E-state index in [9.17, 15) is 33.1 Å². The highest BCUT2D eigenvalue weighted by atomic mass is 31.3. The molecule has 1 aromatic rings. The second kappa shape index (κ2) is 9.85. The van der Waals surface area contributed by atoms with Gasteiger partial charge in [0.15, 0.2) is 0 Å². The van der Waals surface area contributed by atoms with Gasteiger partial charge in [-0.15, -0.1) is 0 Å². The summed E-state index contributed by atoms with van der Waals surface area (Å²) in [7, 11) is -16.7. The standard InChI is InChI=1S/C11H20N3O14P3/c1-6-3-14(11(16)13-10(6)15)9-2-7(8(25-9)4-24-5-12)26-30(20,21)28-31(22,23)27-29(17,18)19/h3,7-9H,2,4-5,12H2,1H3,(H,20,21)(H,22,23)(H,13,15,16)(H2,17,18,19)/t7-,8+,9+/m0/s1. The first-order valence-corrected chi connectivity index (χ1v) is 12.7. The number of ether oxygens (including phenoxy) is 2. The smallest absolute Gasteiger partial charge is 0.364 e. The predicted octanol–water partition coefficient (Wildman–Crippen LogP) is -1.22. The van der Waals surface area contributed by atoms with Crippen LogP contribution < -0.4 is 17.0 Å². The van der Waals surface area contributed by atoms with Gasteiger partial charge in [-0.3, -0.25) is 18.9 Å². The first-order valence-electron chi connectivity index (χ1n) is 8.20. The van der Waals surface area contributed by atoms with Crippen LogP contribution in [0, 0.1) is 6.92 Å². The number of aromatic amines is 1. The van der Waals surface area contributed by atoms with E-state index in [-0.39, 0.29) is 25.3 Å². The van der Waals surface area contributed by atoms with Gasteiger partial charge < -0.3 is 34.8 Å². The summed E-state index contributed by atoms with van der Waals surface area (Å²) < 4.78 is 57.9. The zero-order chi connectivity index (χ0) is 23.6. The maximum atomic E-state index is 12.1. The van der Waals surface area contributed by atoms with Crippen LogP contribution in [0.4, 0.5) is 0 Å². The normalized spacial score (nSPS) is 25.8. The number of nitrogens with two attached hydrogens (primary N) is 1. The Morgan fingerprint density at radius 2 is 1.84 bits per heavy atom. The first kappa shape index (κ1) is 26.2. The lowest BCUT2D eigenvalue weighted by Gasteiger charge is -2.22.